The number of rotatable bonds is 4. The van der Waals surface area contributed by atoms with E-state index in [-0.39, 0.29) is 0 Å². The minimum atomic E-state index is 0.616. The largest absolute Gasteiger partial charge is 0.202 e. The molecule has 0 atom stereocenters. The van der Waals surface area contributed by atoms with Crippen molar-refractivity contribution in [1.29, 1.82) is 0 Å². The summed E-state index contributed by atoms with van der Waals surface area (Å²) in [6.07, 6.45) is 4.58. The van der Waals surface area contributed by atoms with Crippen molar-refractivity contribution in [1.82, 2.24) is 0 Å². The highest BCUT2D eigenvalue weighted by Crippen LogP contribution is 2.17. The topological polar surface area (TPSA) is 3.88 Å². The Labute approximate surface area is 94.1 Å². The van der Waals surface area contributed by atoms with Gasteiger partial charge in [-0.2, -0.15) is 0 Å². The van der Waals surface area contributed by atoms with Crippen LogP contribution in [-0.4, -0.2) is 0 Å². The van der Waals surface area contributed by atoms with Crippen molar-refractivity contribution < 1.29 is 4.57 Å². The van der Waals surface area contributed by atoms with Crippen LogP contribution < -0.4 is 4.57 Å². The summed E-state index contributed by atoms with van der Waals surface area (Å²) >= 11 is 0. The lowest BCUT2D eigenvalue weighted by Gasteiger charge is -2.11. The first-order valence-electron chi connectivity index (χ1n) is 6.19. The molecule has 1 aromatic rings. The van der Waals surface area contributed by atoms with Crippen molar-refractivity contribution in [3.63, 3.8) is 0 Å². The number of hydrogen-bond acceptors (Lipinski definition) is 0. The number of aromatic nitrogens is 1. The molecule has 1 heterocycles. The standard InChI is InChI=1S/C14H24N/c1-6-12-9-13(7-2)14(11(4)5)15(8-3)10-12/h9-11H,6-8H2,1-5H3/q+1. The van der Waals surface area contributed by atoms with Gasteiger partial charge in [-0.25, -0.2) is 4.57 Å². The molecule has 0 bridgehead atoms. The van der Waals surface area contributed by atoms with E-state index < -0.39 is 0 Å². The van der Waals surface area contributed by atoms with Gasteiger partial charge >= 0.3 is 0 Å². The average molecular weight is 206 g/mol. The molecule has 0 aliphatic rings. The molecule has 0 saturated carbocycles. The minimum Gasteiger partial charge on any atom is -0.202 e. The number of pyridine rings is 1. The Hall–Kier alpha value is -0.850. The van der Waals surface area contributed by atoms with E-state index in [2.05, 4.69) is 51.4 Å². The summed E-state index contributed by atoms with van der Waals surface area (Å²) in [5.74, 6) is 0.616. The summed E-state index contributed by atoms with van der Waals surface area (Å²) in [7, 11) is 0. The van der Waals surface area contributed by atoms with Gasteiger partial charge in [0.25, 0.3) is 0 Å². The SMILES string of the molecule is CCc1cc(CC)c(C(C)C)[n+](CC)c1. The van der Waals surface area contributed by atoms with Crippen LogP contribution in [0.15, 0.2) is 12.3 Å². The van der Waals surface area contributed by atoms with E-state index in [1.165, 1.54) is 16.8 Å². The predicted octanol–water partition coefficient (Wildman–Crippen LogP) is 3.24. The molecule has 0 aromatic carbocycles. The first kappa shape index (κ1) is 12.2. The molecule has 0 spiro atoms. The molecular formula is C14H24N+. The number of hydrogen-bond donors (Lipinski definition) is 0. The van der Waals surface area contributed by atoms with E-state index in [0.717, 1.165) is 19.4 Å². The van der Waals surface area contributed by atoms with E-state index in [4.69, 9.17) is 0 Å². The molecule has 0 amide bonds. The molecule has 0 N–H and O–H groups in total. The van der Waals surface area contributed by atoms with Crippen molar-refractivity contribution in [2.75, 3.05) is 0 Å². The normalized spacial score (nSPS) is 11.1. The minimum absolute atomic E-state index is 0.616. The van der Waals surface area contributed by atoms with Crippen LogP contribution in [0.2, 0.25) is 0 Å². The smallest absolute Gasteiger partial charge is 0.187 e. The van der Waals surface area contributed by atoms with Gasteiger partial charge in [0, 0.05) is 17.0 Å². The highest BCUT2D eigenvalue weighted by Gasteiger charge is 2.18. The molecular weight excluding hydrogens is 182 g/mol. The molecule has 0 aliphatic heterocycles. The maximum Gasteiger partial charge on any atom is 0.187 e. The van der Waals surface area contributed by atoms with Crippen molar-refractivity contribution in [2.45, 2.75) is 59.9 Å². The lowest BCUT2D eigenvalue weighted by atomic mass is 9.99. The molecule has 15 heavy (non-hydrogen) atoms. The molecule has 1 heteroatoms. The molecule has 0 saturated heterocycles. The van der Waals surface area contributed by atoms with Crippen LogP contribution in [0, 0.1) is 0 Å². The molecule has 1 aromatic heterocycles. The molecule has 84 valence electrons. The Morgan fingerprint density at radius 2 is 1.80 bits per heavy atom. The lowest BCUT2D eigenvalue weighted by molar-refractivity contribution is -0.702. The van der Waals surface area contributed by atoms with E-state index in [9.17, 15) is 0 Å². The van der Waals surface area contributed by atoms with Crippen LogP contribution in [0.25, 0.3) is 0 Å². The monoisotopic (exact) mass is 206 g/mol. The molecule has 1 nitrogen and oxygen atoms in total. The summed E-state index contributed by atoms with van der Waals surface area (Å²) < 4.78 is 2.42. The second-order valence-corrected chi connectivity index (χ2v) is 4.41. The number of aryl methyl sites for hydroxylation is 3. The lowest BCUT2D eigenvalue weighted by Crippen LogP contribution is -2.39. The second-order valence-electron chi connectivity index (χ2n) is 4.41. The second kappa shape index (κ2) is 5.29. The first-order valence-corrected chi connectivity index (χ1v) is 6.19. The van der Waals surface area contributed by atoms with Gasteiger partial charge in [0.05, 0.1) is 0 Å². The van der Waals surface area contributed by atoms with Gasteiger partial charge in [-0.1, -0.05) is 27.7 Å². The van der Waals surface area contributed by atoms with Crippen LogP contribution in [0.5, 0.6) is 0 Å². The fraction of sp³-hybridized carbons (Fsp3) is 0.643. The Kier molecular flexibility index (Phi) is 4.31. The Bertz CT molecular complexity index is 301. The van der Waals surface area contributed by atoms with Crippen molar-refractivity contribution >= 4 is 0 Å². The fourth-order valence-corrected chi connectivity index (χ4v) is 2.23. The van der Waals surface area contributed by atoms with Gasteiger partial charge in [-0.3, -0.25) is 0 Å². The summed E-state index contributed by atoms with van der Waals surface area (Å²) in [6.45, 7) is 12.3. The quantitative estimate of drug-likeness (QED) is 0.666. The van der Waals surface area contributed by atoms with Crippen LogP contribution >= 0.6 is 0 Å². The maximum atomic E-state index is 2.42. The summed E-state index contributed by atoms with van der Waals surface area (Å²) in [5.41, 5.74) is 4.49. The van der Waals surface area contributed by atoms with Crippen LogP contribution in [0.3, 0.4) is 0 Å². The highest BCUT2D eigenvalue weighted by atomic mass is 15.0. The van der Waals surface area contributed by atoms with Gasteiger partial charge in [0.1, 0.15) is 6.54 Å². The number of nitrogens with zero attached hydrogens (tertiary/aromatic N) is 1. The Balaban J connectivity index is 3.32. The molecule has 1 rings (SSSR count). The van der Waals surface area contributed by atoms with Gasteiger partial charge in [0.15, 0.2) is 11.9 Å². The van der Waals surface area contributed by atoms with Crippen LogP contribution in [-0.2, 0) is 19.4 Å². The van der Waals surface area contributed by atoms with Crippen LogP contribution in [0.4, 0.5) is 0 Å². The molecule has 0 fully saturated rings. The predicted molar refractivity (Wildman–Crippen MR) is 65.2 cm³/mol. The van der Waals surface area contributed by atoms with Gasteiger partial charge < -0.3 is 0 Å². The zero-order valence-corrected chi connectivity index (χ0v) is 10.8. The van der Waals surface area contributed by atoms with E-state index in [1.807, 2.05) is 0 Å². The average Bonchev–Trinajstić information content (AvgIpc) is 2.26. The van der Waals surface area contributed by atoms with E-state index >= 15 is 0 Å². The highest BCUT2D eigenvalue weighted by molar-refractivity contribution is 5.23. The Morgan fingerprint density at radius 1 is 1.13 bits per heavy atom. The zero-order valence-electron chi connectivity index (χ0n) is 10.8. The summed E-state index contributed by atoms with van der Waals surface area (Å²) in [4.78, 5) is 0. The summed E-state index contributed by atoms with van der Waals surface area (Å²) in [6, 6.07) is 2.38. The molecule has 0 radical (unpaired) electrons. The third-order valence-electron chi connectivity index (χ3n) is 3.00. The van der Waals surface area contributed by atoms with Gasteiger partial charge in [-0.15, -0.1) is 0 Å². The molecule has 0 aliphatic carbocycles. The first-order chi connectivity index (χ1) is 7.13. The van der Waals surface area contributed by atoms with E-state index in [1.54, 1.807) is 0 Å². The van der Waals surface area contributed by atoms with Crippen molar-refractivity contribution in [3.05, 3.63) is 29.1 Å². The molecule has 0 unspecified atom stereocenters. The van der Waals surface area contributed by atoms with Gasteiger partial charge in [-0.05, 0) is 25.8 Å². The zero-order chi connectivity index (χ0) is 11.4. The summed E-state index contributed by atoms with van der Waals surface area (Å²) in [5, 5.41) is 0. The van der Waals surface area contributed by atoms with Gasteiger partial charge in [0.2, 0.25) is 0 Å². The third-order valence-corrected chi connectivity index (χ3v) is 3.00. The maximum absolute atomic E-state index is 2.42. The van der Waals surface area contributed by atoms with Crippen LogP contribution in [0.1, 0.15) is 57.4 Å². The van der Waals surface area contributed by atoms with E-state index in [0.29, 0.717) is 5.92 Å². The fourth-order valence-electron chi connectivity index (χ4n) is 2.23. The van der Waals surface area contributed by atoms with Crippen molar-refractivity contribution in [3.8, 4) is 0 Å². The van der Waals surface area contributed by atoms with Crippen molar-refractivity contribution in [2.24, 2.45) is 0 Å². The Morgan fingerprint density at radius 3 is 2.20 bits per heavy atom. The third kappa shape index (κ3) is 2.58.